The number of carbonyl (C=O) groups excluding carboxylic acids is 1. The van der Waals surface area contributed by atoms with Gasteiger partial charge in [0.1, 0.15) is 12.0 Å². The lowest BCUT2D eigenvalue weighted by Crippen LogP contribution is -2.16. The van der Waals surface area contributed by atoms with Crippen LogP contribution >= 0.6 is 0 Å². The van der Waals surface area contributed by atoms with Gasteiger partial charge >= 0.3 is 6.18 Å². The van der Waals surface area contributed by atoms with Gasteiger partial charge in [-0.25, -0.2) is 9.97 Å². The molecule has 5 aromatic rings. The fourth-order valence-electron chi connectivity index (χ4n) is 3.93. The van der Waals surface area contributed by atoms with Crippen molar-refractivity contribution < 1.29 is 23.1 Å². The number of imidazole rings is 1. The van der Waals surface area contributed by atoms with E-state index < -0.39 is 17.6 Å². The monoisotopic (exact) mass is 492 g/mol. The Hall–Kier alpha value is -4.51. The third-order valence-electron chi connectivity index (χ3n) is 5.66. The van der Waals surface area contributed by atoms with E-state index in [9.17, 15) is 23.1 Å². The van der Waals surface area contributed by atoms with Crippen LogP contribution in [0.3, 0.4) is 0 Å². The fraction of sp³-hybridized carbons (Fsp3) is 0.120. The Kier molecular flexibility index (Phi) is 5.77. The van der Waals surface area contributed by atoms with E-state index >= 15 is 0 Å². The van der Waals surface area contributed by atoms with Gasteiger partial charge in [-0.3, -0.25) is 13.9 Å². The molecule has 36 heavy (non-hydrogen) atoms. The summed E-state index contributed by atoms with van der Waals surface area (Å²) in [6.07, 6.45) is -0.159. The molecule has 0 aliphatic heterocycles. The quantitative estimate of drug-likeness (QED) is 0.375. The molecule has 1 amide bonds. The SMILES string of the molecule is Cn1ccc(-c2cc(C(=O)Nc3c(-c4ccccc4)ncn4c(CO)cnc34)ccc2C(F)(F)F)n1. The van der Waals surface area contributed by atoms with Crippen molar-refractivity contribution in [3.63, 3.8) is 0 Å². The van der Waals surface area contributed by atoms with Crippen LogP contribution in [-0.2, 0) is 19.8 Å². The predicted molar refractivity (Wildman–Crippen MR) is 126 cm³/mol. The van der Waals surface area contributed by atoms with Gasteiger partial charge in [0.15, 0.2) is 5.65 Å². The molecule has 2 N–H and O–H groups in total. The van der Waals surface area contributed by atoms with Gasteiger partial charge < -0.3 is 10.4 Å². The number of nitrogens with zero attached hydrogens (tertiary/aromatic N) is 5. The molecular weight excluding hydrogens is 473 g/mol. The third-order valence-corrected chi connectivity index (χ3v) is 5.66. The molecule has 3 aromatic heterocycles. The van der Waals surface area contributed by atoms with Crippen molar-refractivity contribution in [1.82, 2.24) is 24.1 Å². The first-order valence-electron chi connectivity index (χ1n) is 10.8. The average molecular weight is 492 g/mol. The summed E-state index contributed by atoms with van der Waals surface area (Å²) in [6, 6.07) is 13.7. The summed E-state index contributed by atoms with van der Waals surface area (Å²) >= 11 is 0. The number of nitrogens with one attached hydrogen (secondary N) is 1. The number of rotatable bonds is 5. The Balaban J connectivity index is 1.61. The van der Waals surface area contributed by atoms with Crippen LogP contribution in [0.4, 0.5) is 18.9 Å². The number of aromatic nitrogens is 5. The van der Waals surface area contributed by atoms with Crippen LogP contribution < -0.4 is 5.32 Å². The Morgan fingerprint density at radius 2 is 1.86 bits per heavy atom. The second-order valence-electron chi connectivity index (χ2n) is 8.02. The first kappa shape index (κ1) is 23.2. The van der Waals surface area contributed by atoms with E-state index in [-0.39, 0.29) is 29.1 Å². The van der Waals surface area contributed by atoms with Crippen molar-refractivity contribution in [1.29, 1.82) is 0 Å². The molecule has 182 valence electrons. The molecule has 0 radical (unpaired) electrons. The van der Waals surface area contributed by atoms with Crippen LogP contribution in [0.25, 0.3) is 28.2 Å². The molecule has 2 aromatic carbocycles. The zero-order chi connectivity index (χ0) is 25.4. The standard InChI is InChI=1S/C25H19F3N6O2/c1-33-10-9-20(32-33)18-11-16(7-8-19(18)25(26,27)28)24(36)31-22-21(15-5-3-2-4-6-15)30-14-34-17(13-35)12-29-23(22)34/h2-12,14,35H,13H2,1H3,(H,31,36). The van der Waals surface area contributed by atoms with E-state index in [1.54, 1.807) is 7.05 Å². The number of aryl methyl sites for hydroxylation is 1. The van der Waals surface area contributed by atoms with Gasteiger partial charge in [-0.05, 0) is 24.3 Å². The maximum atomic E-state index is 13.7. The number of aliphatic hydroxyl groups excluding tert-OH is 1. The van der Waals surface area contributed by atoms with Gasteiger partial charge in [0, 0.05) is 29.9 Å². The van der Waals surface area contributed by atoms with Crippen LogP contribution in [0.15, 0.2) is 73.3 Å². The summed E-state index contributed by atoms with van der Waals surface area (Å²) < 4.78 is 44.0. The zero-order valence-electron chi connectivity index (χ0n) is 18.9. The number of alkyl halides is 3. The highest BCUT2D eigenvalue weighted by Gasteiger charge is 2.34. The molecule has 0 spiro atoms. The molecule has 0 aliphatic rings. The van der Waals surface area contributed by atoms with Crippen molar-refractivity contribution in [2.45, 2.75) is 12.8 Å². The molecule has 5 rings (SSSR count). The largest absolute Gasteiger partial charge is 0.417 e. The number of fused-ring (bicyclic) bond motifs is 1. The van der Waals surface area contributed by atoms with Crippen LogP contribution in [0.2, 0.25) is 0 Å². The molecule has 0 unspecified atom stereocenters. The topological polar surface area (TPSA) is 97.3 Å². The molecule has 11 heteroatoms. The van der Waals surface area contributed by atoms with Crippen molar-refractivity contribution in [2.24, 2.45) is 7.05 Å². The minimum Gasteiger partial charge on any atom is -0.390 e. The van der Waals surface area contributed by atoms with Gasteiger partial charge in [-0.1, -0.05) is 30.3 Å². The van der Waals surface area contributed by atoms with Gasteiger partial charge in [-0.15, -0.1) is 0 Å². The van der Waals surface area contributed by atoms with Crippen LogP contribution in [-0.4, -0.2) is 35.2 Å². The lowest BCUT2D eigenvalue weighted by molar-refractivity contribution is -0.137. The first-order chi connectivity index (χ1) is 17.3. The predicted octanol–water partition coefficient (Wildman–Crippen LogP) is 4.56. The normalized spacial score (nSPS) is 11.7. The molecule has 0 aliphatic carbocycles. The van der Waals surface area contributed by atoms with Crippen LogP contribution in [0, 0.1) is 0 Å². The number of benzene rings is 2. The highest BCUT2D eigenvalue weighted by molar-refractivity contribution is 6.09. The van der Waals surface area contributed by atoms with Crippen molar-refractivity contribution in [3.8, 4) is 22.5 Å². The van der Waals surface area contributed by atoms with Crippen LogP contribution in [0.5, 0.6) is 0 Å². The smallest absolute Gasteiger partial charge is 0.390 e. The number of hydrogen-bond acceptors (Lipinski definition) is 5. The van der Waals surface area contributed by atoms with Crippen molar-refractivity contribution in [2.75, 3.05) is 5.32 Å². The Morgan fingerprint density at radius 1 is 1.08 bits per heavy atom. The number of amides is 1. The van der Waals surface area contributed by atoms with Gasteiger partial charge in [-0.2, -0.15) is 18.3 Å². The van der Waals surface area contributed by atoms with E-state index in [0.29, 0.717) is 22.6 Å². The lowest BCUT2D eigenvalue weighted by Gasteiger charge is -2.15. The molecule has 0 bridgehead atoms. The summed E-state index contributed by atoms with van der Waals surface area (Å²) in [5, 5.41) is 16.5. The summed E-state index contributed by atoms with van der Waals surface area (Å²) in [5.74, 6) is -0.651. The zero-order valence-corrected chi connectivity index (χ0v) is 18.9. The Morgan fingerprint density at radius 3 is 2.53 bits per heavy atom. The molecule has 0 atom stereocenters. The number of carbonyl (C=O) groups is 1. The van der Waals surface area contributed by atoms with Gasteiger partial charge in [0.2, 0.25) is 0 Å². The maximum absolute atomic E-state index is 13.7. The van der Waals surface area contributed by atoms with Gasteiger partial charge in [0.05, 0.1) is 35.4 Å². The van der Waals surface area contributed by atoms with E-state index in [1.165, 1.54) is 39.9 Å². The molecule has 0 saturated heterocycles. The Bertz CT molecular complexity index is 1570. The fourth-order valence-corrected chi connectivity index (χ4v) is 3.93. The highest BCUT2D eigenvalue weighted by Crippen LogP contribution is 2.37. The molecule has 0 saturated carbocycles. The third kappa shape index (κ3) is 4.20. The summed E-state index contributed by atoms with van der Waals surface area (Å²) in [7, 11) is 1.59. The van der Waals surface area contributed by atoms with E-state index in [4.69, 9.17) is 0 Å². The second kappa shape index (κ2) is 8.93. The maximum Gasteiger partial charge on any atom is 0.417 e. The van der Waals surface area contributed by atoms with Gasteiger partial charge in [0.25, 0.3) is 5.91 Å². The minimum absolute atomic E-state index is 0.00129. The lowest BCUT2D eigenvalue weighted by atomic mass is 10.0. The summed E-state index contributed by atoms with van der Waals surface area (Å²) in [5.41, 5.74) is 1.15. The highest BCUT2D eigenvalue weighted by atomic mass is 19.4. The summed E-state index contributed by atoms with van der Waals surface area (Å²) in [4.78, 5) is 22.1. The van der Waals surface area contributed by atoms with E-state index in [0.717, 1.165) is 12.1 Å². The second-order valence-corrected chi connectivity index (χ2v) is 8.02. The average Bonchev–Trinajstić information content (AvgIpc) is 3.50. The van der Waals surface area contributed by atoms with E-state index in [2.05, 4.69) is 20.4 Å². The number of aliphatic hydroxyl groups is 1. The number of anilines is 1. The minimum atomic E-state index is -4.63. The van der Waals surface area contributed by atoms with Crippen molar-refractivity contribution in [3.05, 3.63) is 90.1 Å². The molecule has 0 fully saturated rings. The van der Waals surface area contributed by atoms with Crippen molar-refractivity contribution >= 4 is 17.2 Å². The van der Waals surface area contributed by atoms with E-state index in [1.807, 2.05) is 30.3 Å². The first-order valence-corrected chi connectivity index (χ1v) is 10.8. The van der Waals surface area contributed by atoms with Crippen LogP contribution in [0.1, 0.15) is 21.6 Å². The number of hydrogen-bond donors (Lipinski definition) is 2. The summed E-state index contributed by atoms with van der Waals surface area (Å²) in [6.45, 7) is -0.298. The molecule has 8 nitrogen and oxygen atoms in total. The number of halogens is 3. The Labute approximate surface area is 202 Å². The molecule has 3 heterocycles. The molecular formula is C25H19F3N6O2.